The molecule has 1 saturated carbocycles. The Morgan fingerprint density at radius 2 is 1.91 bits per heavy atom. The van der Waals surface area contributed by atoms with Gasteiger partial charge in [0.1, 0.15) is 13.2 Å². The molecule has 1 aliphatic carbocycles. The molecule has 2 aromatic heterocycles. The number of nitrogens with one attached hydrogen (secondary N) is 1. The van der Waals surface area contributed by atoms with Crippen LogP contribution in [0.3, 0.4) is 0 Å². The van der Waals surface area contributed by atoms with Crippen molar-refractivity contribution in [2.24, 2.45) is 5.92 Å². The summed E-state index contributed by atoms with van der Waals surface area (Å²) in [5.41, 5.74) is 1.16. The third-order valence-electron chi connectivity index (χ3n) is 6.82. The summed E-state index contributed by atoms with van der Waals surface area (Å²) in [5, 5.41) is 23.5. The zero-order valence-electron chi connectivity index (χ0n) is 19.7. The first kappa shape index (κ1) is 22.8. The van der Waals surface area contributed by atoms with Crippen LogP contribution in [0.2, 0.25) is 0 Å². The van der Waals surface area contributed by atoms with Gasteiger partial charge in [-0.05, 0) is 41.3 Å². The summed E-state index contributed by atoms with van der Waals surface area (Å²) in [6.07, 6.45) is 4.51. The average molecular weight is 469 g/mol. The van der Waals surface area contributed by atoms with Crippen LogP contribution in [0.4, 0.5) is 0 Å². The number of aromatic amines is 1. The zero-order valence-corrected chi connectivity index (χ0v) is 19.7. The molecule has 3 heterocycles. The summed E-state index contributed by atoms with van der Waals surface area (Å²) < 4.78 is 13.3. The number of aliphatic hydroxyl groups excluding tert-OH is 1. The SMILES string of the molecule is CC(C)[C@@H](c1nnnn1C1CCCC1)N(CCO)Cc1cc2cc3c(cc2[nH]c1=O)OCCO3. The van der Waals surface area contributed by atoms with E-state index in [2.05, 4.69) is 39.3 Å². The first-order valence-electron chi connectivity index (χ1n) is 12.1. The highest BCUT2D eigenvalue weighted by atomic mass is 16.6. The zero-order chi connectivity index (χ0) is 23.7. The third kappa shape index (κ3) is 4.39. The quantitative estimate of drug-likeness (QED) is 0.518. The number of nitrogens with zero attached hydrogens (tertiary/aromatic N) is 5. The summed E-state index contributed by atoms with van der Waals surface area (Å²) >= 11 is 0. The number of aromatic nitrogens is 5. The first-order chi connectivity index (χ1) is 16.5. The minimum atomic E-state index is -0.162. The van der Waals surface area contributed by atoms with Crippen molar-refractivity contribution in [2.75, 3.05) is 26.4 Å². The number of H-pyrrole nitrogens is 1. The number of hydrogen-bond donors (Lipinski definition) is 2. The van der Waals surface area contributed by atoms with Crippen LogP contribution < -0.4 is 15.0 Å². The third-order valence-corrected chi connectivity index (χ3v) is 6.82. The van der Waals surface area contributed by atoms with Crippen molar-refractivity contribution < 1.29 is 14.6 Å². The number of rotatable bonds is 8. The minimum Gasteiger partial charge on any atom is -0.486 e. The Morgan fingerprint density at radius 3 is 2.62 bits per heavy atom. The fourth-order valence-electron chi connectivity index (χ4n) is 5.26. The molecule has 0 saturated heterocycles. The van der Waals surface area contributed by atoms with E-state index in [0.717, 1.165) is 24.1 Å². The lowest BCUT2D eigenvalue weighted by Crippen LogP contribution is -2.37. The van der Waals surface area contributed by atoms with Crippen LogP contribution in [0.5, 0.6) is 11.5 Å². The molecule has 182 valence electrons. The van der Waals surface area contributed by atoms with Gasteiger partial charge in [0.15, 0.2) is 17.3 Å². The lowest BCUT2D eigenvalue weighted by Gasteiger charge is -2.33. The number of hydrogen-bond acceptors (Lipinski definition) is 8. The number of pyridine rings is 1. The molecule has 0 radical (unpaired) electrons. The van der Waals surface area contributed by atoms with Gasteiger partial charge in [-0.3, -0.25) is 9.69 Å². The van der Waals surface area contributed by atoms with Crippen LogP contribution in [0.1, 0.15) is 63.0 Å². The monoisotopic (exact) mass is 468 g/mol. The fraction of sp³-hybridized carbons (Fsp3) is 0.583. The maximum Gasteiger partial charge on any atom is 0.252 e. The van der Waals surface area contributed by atoms with Crippen LogP contribution in [-0.2, 0) is 6.54 Å². The van der Waals surface area contributed by atoms with Crippen molar-refractivity contribution in [1.82, 2.24) is 30.1 Å². The Bertz CT molecular complexity index is 1200. The molecule has 0 spiro atoms. The average Bonchev–Trinajstić information content (AvgIpc) is 3.50. The van der Waals surface area contributed by atoms with Crippen LogP contribution in [0.15, 0.2) is 23.0 Å². The molecule has 1 atom stereocenters. The lowest BCUT2D eigenvalue weighted by atomic mass is 10.00. The van der Waals surface area contributed by atoms with E-state index in [1.165, 1.54) is 12.8 Å². The summed E-state index contributed by atoms with van der Waals surface area (Å²) in [6, 6.07) is 5.78. The summed E-state index contributed by atoms with van der Waals surface area (Å²) in [5.74, 6) is 2.30. The lowest BCUT2D eigenvalue weighted by molar-refractivity contribution is 0.104. The molecule has 34 heavy (non-hydrogen) atoms. The van der Waals surface area contributed by atoms with Gasteiger partial charge in [-0.25, -0.2) is 4.68 Å². The fourth-order valence-corrected chi connectivity index (χ4v) is 5.26. The molecule has 5 rings (SSSR count). The van der Waals surface area contributed by atoms with E-state index in [1.807, 2.05) is 22.9 Å². The summed E-state index contributed by atoms with van der Waals surface area (Å²) in [4.78, 5) is 18.1. The van der Waals surface area contributed by atoms with Crippen molar-refractivity contribution in [3.8, 4) is 11.5 Å². The van der Waals surface area contributed by atoms with Gasteiger partial charge < -0.3 is 19.6 Å². The predicted octanol–water partition coefficient (Wildman–Crippen LogP) is 2.59. The molecular formula is C24H32N6O4. The normalized spacial score (nSPS) is 17.2. The molecule has 3 aromatic rings. The van der Waals surface area contributed by atoms with E-state index in [4.69, 9.17) is 9.47 Å². The molecule has 2 N–H and O–H groups in total. The Balaban J connectivity index is 1.49. The number of benzene rings is 1. The van der Waals surface area contributed by atoms with Crippen LogP contribution in [0.25, 0.3) is 10.9 Å². The summed E-state index contributed by atoms with van der Waals surface area (Å²) in [7, 11) is 0. The molecule has 10 heteroatoms. The highest BCUT2D eigenvalue weighted by Crippen LogP contribution is 2.36. The van der Waals surface area contributed by atoms with Gasteiger partial charge >= 0.3 is 0 Å². The number of fused-ring (bicyclic) bond motifs is 2. The molecular weight excluding hydrogens is 436 g/mol. The van der Waals surface area contributed by atoms with Gasteiger partial charge in [-0.1, -0.05) is 26.7 Å². The van der Waals surface area contributed by atoms with E-state index in [9.17, 15) is 9.90 Å². The van der Waals surface area contributed by atoms with E-state index >= 15 is 0 Å². The molecule has 10 nitrogen and oxygen atoms in total. The van der Waals surface area contributed by atoms with Crippen LogP contribution in [0, 0.1) is 5.92 Å². The Hall–Kier alpha value is -2.98. The van der Waals surface area contributed by atoms with E-state index in [-0.39, 0.29) is 24.1 Å². The van der Waals surface area contributed by atoms with Gasteiger partial charge in [0.25, 0.3) is 5.56 Å². The first-order valence-corrected chi connectivity index (χ1v) is 12.1. The standard InChI is InChI=1S/C24H32N6O4/c1-15(2)22(23-26-27-28-30(23)18-5-3-4-6-18)29(7-8-31)14-17-11-16-12-20-21(34-10-9-33-20)13-19(16)25-24(17)32/h11-13,15,18,22,31H,3-10,14H2,1-2H3,(H,25,32)/t22-/m0/s1. The van der Waals surface area contributed by atoms with E-state index in [0.29, 0.717) is 54.9 Å². The van der Waals surface area contributed by atoms with Gasteiger partial charge in [0, 0.05) is 30.1 Å². The predicted molar refractivity (Wildman–Crippen MR) is 126 cm³/mol. The highest BCUT2D eigenvalue weighted by molar-refractivity contribution is 5.83. The molecule has 1 aromatic carbocycles. The highest BCUT2D eigenvalue weighted by Gasteiger charge is 2.32. The van der Waals surface area contributed by atoms with Crippen LogP contribution >= 0.6 is 0 Å². The van der Waals surface area contributed by atoms with Gasteiger partial charge in [-0.15, -0.1) is 5.10 Å². The second-order valence-corrected chi connectivity index (χ2v) is 9.51. The van der Waals surface area contributed by atoms with Crippen molar-refractivity contribution in [3.05, 3.63) is 39.9 Å². The minimum absolute atomic E-state index is 0.0294. The molecule has 0 amide bonds. The topological polar surface area (TPSA) is 118 Å². The van der Waals surface area contributed by atoms with Gasteiger partial charge in [-0.2, -0.15) is 0 Å². The van der Waals surface area contributed by atoms with Gasteiger partial charge in [0.2, 0.25) is 0 Å². The Kier molecular flexibility index (Phi) is 6.51. The molecule has 1 aliphatic heterocycles. The second kappa shape index (κ2) is 9.71. The van der Waals surface area contributed by atoms with E-state index in [1.54, 1.807) is 0 Å². The maximum atomic E-state index is 13.0. The molecule has 0 bridgehead atoms. The molecule has 0 unspecified atom stereocenters. The molecule has 1 fully saturated rings. The largest absolute Gasteiger partial charge is 0.486 e. The number of ether oxygens (including phenoxy) is 2. The van der Waals surface area contributed by atoms with Crippen molar-refractivity contribution >= 4 is 10.9 Å². The van der Waals surface area contributed by atoms with Crippen LogP contribution in [-0.4, -0.2) is 61.6 Å². The second-order valence-electron chi connectivity index (χ2n) is 9.51. The smallest absolute Gasteiger partial charge is 0.252 e. The summed E-state index contributed by atoms with van der Waals surface area (Å²) in [6.45, 7) is 5.98. The number of tetrazole rings is 1. The Morgan fingerprint density at radius 1 is 1.18 bits per heavy atom. The van der Waals surface area contributed by atoms with Crippen molar-refractivity contribution in [3.63, 3.8) is 0 Å². The molecule has 2 aliphatic rings. The number of aliphatic hydroxyl groups is 1. The maximum absolute atomic E-state index is 13.0. The van der Waals surface area contributed by atoms with Crippen molar-refractivity contribution in [2.45, 2.75) is 58.2 Å². The van der Waals surface area contributed by atoms with Gasteiger partial charge in [0.05, 0.1) is 24.2 Å². The van der Waals surface area contributed by atoms with Crippen molar-refractivity contribution in [1.29, 1.82) is 0 Å². The Labute approximate surface area is 197 Å². The van der Waals surface area contributed by atoms with E-state index < -0.39 is 0 Å².